The standard InChI is InChI=1S/C28H25BFN3O6S/c1-32-28(34)26-23-12-22(16-3-4-16)24(13-25(23)39-27(26)17-6-9-21(30)10-7-17)33(40(2,37)38)15-18-5-8-20(29(35)36)11-19(18)14-31/h5-13,16,35-36H,3-4,15H2,1-2H3,(H,32,34). The summed E-state index contributed by atoms with van der Waals surface area (Å²) in [6.07, 6.45) is 2.73. The monoisotopic (exact) mass is 561 g/mol. The Hall–Kier alpha value is -4.18. The first-order valence-electron chi connectivity index (χ1n) is 12.5. The van der Waals surface area contributed by atoms with Crippen LogP contribution in [0.25, 0.3) is 22.3 Å². The maximum Gasteiger partial charge on any atom is 0.488 e. The van der Waals surface area contributed by atoms with Crippen molar-refractivity contribution in [1.29, 1.82) is 5.26 Å². The summed E-state index contributed by atoms with van der Waals surface area (Å²) in [5.74, 6) is -0.559. The SMILES string of the molecule is CNC(=O)c1c(-c2ccc(F)cc2)oc2cc(N(Cc3ccc(B(O)O)cc3C#N)S(C)(=O)=O)c(C3CC3)cc12. The van der Waals surface area contributed by atoms with Gasteiger partial charge in [-0.05, 0) is 71.7 Å². The van der Waals surface area contributed by atoms with E-state index >= 15 is 0 Å². The minimum atomic E-state index is -3.88. The molecule has 3 aromatic carbocycles. The molecule has 12 heteroatoms. The zero-order valence-corrected chi connectivity index (χ0v) is 22.5. The Kier molecular flexibility index (Phi) is 7.14. The van der Waals surface area contributed by atoms with Gasteiger partial charge in [-0.3, -0.25) is 9.10 Å². The topological polar surface area (TPSA) is 144 Å². The van der Waals surface area contributed by atoms with Gasteiger partial charge >= 0.3 is 7.12 Å². The number of nitriles is 1. The fourth-order valence-electron chi connectivity index (χ4n) is 4.77. The molecule has 0 bridgehead atoms. The van der Waals surface area contributed by atoms with Gasteiger partial charge in [-0.15, -0.1) is 0 Å². The second kappa shape index (κ2) is 10.4. The van der Waals surface area contributed by atoms with Gasteiger partial charge in [0, 0.05) is 24.1 Å². The number of anilines is 1. The van der Waals surface area contributed by atoms with E-state index < -0.39 is 28.9 Å². The molecule has 1 saturated carbocycles. The summed E-state index contributed by atoms with van der Waals surface area (Å²) in [5, 5.41) is 31.8. The Morgan fingerprint density at radius 2 is 1.88 bits per heavy atom. The Labute approximate surface area is 230 Å². The second-order valence-corrected chi connectivity index (χ2v) is 11.7. The maximum absolute atomic E-state index is 13.6. The zero-order chi connectivity index (χ0) is 28.8. The lowest BCUT2D eigenvalue weighted by atomic mass is 9.79. The number of hydrogen-bond donors (Lipinski definition) is 3. The Morgan fingerprint density at radius 1 is 1.18 bits per heavy atom. The van der Waals surface area contributed by atoms with Crippen molar-refractivity contribution >= 4 is 45.2 Å². The van der Waals surface area contributed by atoms with Gasteiger partial charge in [-0.25, -0.2) is 12.8 Å². The van der Waals surface area contributed by atoms with Crippen molar-refractivity contribution in [3.8, 4) is 17.4 Å². The largest absolute Gasteiger partial charge is 0.488 e. The highest BCUT2D eigenvalue weighted by molar-refractivity contribution is 7.92. The fraction of sp³-hybridized carbons (Fsp3) is 0.214. The van der Waals surface area contributed by atoms with Crippen molar-refractivity contribution in [2.75, 3.05) is 17.6 Å². The first-order chi connectivity index (χ1) is 19.0. The first kappa shape index (κ1) is 27.4. The molecule has 40 heavy (non-hydrogen) atoms. The van der Waals surface area contributed by atoms with Gasteiger partial charge in [0.1, 0.15) is 17.2 Å². The van der Waals surface area contributed by atoms with Crippen LogP contribution < -0.4 is 15.1 Å². The molecule has 0 saturated heterocycles. The Bertz CT molecular complexity index is 1780. The molecule has 204 valence electrons. The van der Waals surface area contributed by atoms with Crippen LogP contribution in [0.4, 0.5) is 10.1 Å². The van der Waals surface area contributed by atoms with E-state index in [9.17, 15) is 32.9 Å². The molecule has 1 fully saturated rings. The van der Waals surface area contributed by atoms with Crippen molar-refractivity contribution in [3.05, 3.63) is 82.7 Å². The van der Waals surface area contributed by atoms with Crippen LogP contribution in [-0.2, 0) is 16.6 Å². The number of amides is 1. The summed E-state index contributed by atoms with van der Waals surface area (Å²) in [5.41, 5.74) is 2.67. The van der Waals surface area contributed by atoms with Gasteiger partial charge in [-0.2, -0.15) is 5.26 Å². The number of sulfonamides is 1. The van der Waals surface area contributed by atoms with E-state index in [-0.39, 0.29) is 40.4 Å². The molecule has 0 aliphatic heterocycles. The smallest absolute Gasteiger partial charge is 0.455 e. The average Bonchev–Trinajstić information content (AvgIpc) is 3.70. The maximum atomic E-state index is 13.6. The molecule has 9 nitrogen and oxygen atoms in total. The van der Waals surface area contributed by atoms with E-state index in [0.717, 1.165) is 24.7 Å². The van der Waals surface area contributed by atoms with Crippen molar-refractivity contribution in [2.24, 2.45) is 0 Å². The van der Waals surface area contributed by atoms with Gasteiger partial charge in [0.15, 0.2) is 0 Å². The van der Waals surface area contributed by atoms with E-state index in [0.29, 0.717) is 22.2 Å². The third-order valence-electron chi connectivity index (χ3n) is 6.95. The number of carbonyl (C=O) groups excluding carboxylic acids is 1. The van der Waals surface area contributed by atoms with E-state index in [1.807, 2.05) is 6.07 Å². The van der Waals surface area contributed by atoms with Crippen molar-refractivity contribution in [3.63, 3.8) is 0 Å². The van der Waals surface area contributed by atoms with E-state index in [4.69, 9.17) is 4.42 Å². The minimum Gasteiger partial charge on any atom is -0.455 e. The number of rotatable bonds is 8. The van der Waals surface area contributed by atoms with Crippen molar-refractivity contribution in [1.82, 2.24) is 5.32 Å². The minimum absolute atomic E-state index is 0.0627. The van der Waals surface area contributed by atoms with Crippen LogP contribution in [0.1, 0.15) is 45.8 Å². The summed E-state index contributed by atoms with van der Waals surface area (Å²) in [4.78, 5) is 13.0. The van der Waals surface area contributed by atoms with E-state index in [2.05, 4.69) is 5.32 Å². The molecule has 0 atom stereocenters. The summed E-state index contributed by atoms with van der Waals surface area (Å²) in [7, 11) is -4.17. The Morgan fingerprint density at radius 3 is 2.45 bits per heavy atom. The van der Waals surface area contributed by atoms with Gasteiger partial charge in [-0.1, -0.05) is 12.1 Å². The van der Waals surface area contributed by atoms with E-state index in [1.54, 1.807) is 12.1 Å². The summed E-state index contributed by atoms with van der Waals surface area (Å²) in [6.45, 7) is -0.192. The lowest BCUT2D eigenvalue weighted by Crippen LogP contribution is -2.32. The summed E-state index contributed by atoms with van der Waals surface area (Å²) in [6, 6.07) is 15.1. The summed E-state index contributed by atoms with van der Waals surface area (Å²) >= 11 is 0. The van der Waals surface area contributed by atoms with E-state index in [1.165, 1.54) is 53.8 Å². The number of furan rings is 1. The van der Waals surface area contributed by atoms with Crippen LogP contribution in [0.3, 0.4) is 0 Å². The Balaban J connectivity index is 1.71. The van der Waals surface area contributed by atoms with Gasteiger partial charge in [0.25, 0.3) is 5.91 Å². The van der Waals surface area contributed by atoms with Gasteiger partial charge < -0.3 is 19.8 Å². The van der Waals surface area contributed by atoms with Crippen LogP contribution in [0.15, 0.2) is 59.0 Å². The molecule has 1 aromatic heterocycles. The summed E-state index contributed by atoms with van der Waals surface area (Å²) < 4.78 is 47.2. The lowest BCUT2D eigenvalue weighted by Gasteiger charge is -2.26. The zero-order valence-electron chi connectivity index (χ0n) is 21.7. The van der Waals surface area contributed by atoms with Crippen LogP contribution in [-0.4, -0.2) is 44.8 Å². The molecule has 0 spiro atoms. The lowest BCUT2D eigenvalue weighted by molar-refractivity contribution is 0.0964. The van der Waals surface area contributed by atoms with Crippen molar-refractivity contribution in [2.45, 2.75) is 25.3 Å². The molecule has 3 N–H and O–H groups in total. The molecule has 1 heterocycles. The van der Waals surface area contributed by atoms with Crippen LogP contribution >= 0.6 is 0 Å². The number of nitrogens with zero attached hydrogens (tertiary/aromatic N) is 2. The molecule has 1 aliphatic rings. The molecule has 4 aromatic rings. The second-order valence-electron chi connectivity index (χ2n) is 9.75. The third kappa shape index (κ3) is 5.19. The number of nitrogens with one attached hydrogen (secondary N) is 1. The predicted octanol–water partition coefficient (Wildman–Crippen LogP) is 2.99. The number of fused-ring (bicyclic) bond motifs is 1. The molecule has 1 amide bonds. The van der Waals surface area contributed by atoms with Crippen LogP contribution in [0, 0.1) is 17.1 Å². The predicted molar refractivity (Wildman–Crippen MR) is 149 cm³/mol. The highest BCUT2D eigenvalue weighted by Gasteiger charge is 2.33. The number of hydrogen-bond acceptors (Lipinski definition) is 7. The molecule has 5 rings (SSSR count). The first-order valence-corrected chi connectivity index (χ1v) is 14.3. The van der Waals surface area contributed by atoms with Gasteiger partial charge in [0.2, 0.25) is 10.0 Å². The highest BCUT2D eigenvalue weighted by Crippen LogP contribution is 2.48. The van der Waals surface area contributed by atoms with Crippen LogP contribution in [0.2, 0.25) is 0 Å². The number of benzene rings is 3. The average molecular weight is 561 g/mol. The quantitative estimate of drug-likeness (QED) is 0.281. The number of halogens is 1. The number of carbonyl (C=O) groups is 1. The van der Waals surface area contributed by atoms with Crippen LogP contribution in [0.5, 0.6) is 0 Å². The normalized spacial score (nSPS) is 13.2. The van der Waals surface area contributed by atoms with Crippen molar-refractivity contribution < 1.29 is 32.1 Å². The highest BCUT2D eigenvalue weighted by atomic mass is 32.2. The third-order valence-corrected chi connectivity index (χ3v) is 8.08. The molecule has 0 radical (unpaired) electrons. The molecule has 1 aliphatic carbocycles. The molecular weight excluding hydrogens is 536 g/mol. The molecule has 0 unspecified atom stereocenters. The molecular formula is C28H25BFN3O6S. The van der Waals surface area contributed by atoms with Gasteiger partial charge in [0.05, 0.1) is 35.7 Å². The fourth-order valence-corrected chi connectivity index (χ4v) is 5.66.